The molecule has 0 aromatic carbocycles. The number of hydrogen-bond donors (Lipinski definition) is 1. The Labute approximate surface area is 180 Å². The number of methoxy groups -OCH3 is 1. The van der Waals surface area contributed by atoms with Crippen molar-refractivity contribution in [2.75, 3.05) is 51.9 Å². The topological polar surface area (TPSA) is 103 Å². The van der Waals surface area contributed by atoms with Gasteiger partial charge in [-0.1, -0.05) is 0 Å². The summed E-state index contributed by atoms with van der Waals surface area (Å²) in [6.07, 6.45) is 0.0724. The number of ether oxygens (including phenoxy) is 4. The van der Waals surface area contributed by atoms with Gasteiger partial charge in [0, 0.05) is 20.2 Å². The zero-order chi connectivity index (χ0) is 22.3. The van der Waals surface area contributed by atoms with Crippen LogP contribution >= 0.6 is 11.3 Å². The SMILES string of the molecule is CCOC(=O)c1c(NC(=O)CN2CC(C)OC(C)C2)sc(C(=O)OCCOC)c1C. The van der Waals surface area contributed by atoms with E-state index in [4.69, 9.17) is 18.9 Å². The maximum Gasteiger partial charge on any atom is 0.348 e. The van der Waals surface area contributed by atoms with Gasteiger partial charge in [0.25, 0.3) is 0 Å². The monoisotopic (exact) mass is 442 g/mol. The van der Waals surface area contributed by atoms with Crippen molar-refractivity contribution in [2.24, 2.45) is 0 Å². The third-order valence-corrected chi connectivity index (χ3v) is 5.64. The second kappa shape index (κ2) is 11.4. The molecular weight excluding hydrogens is 412 g/mol. The van der Waals surface area contributed by atoms with Crippen LogP contribution in [0.2, 0.25) is 0 Å². The molecule has 2 rings (SSSR count). The lowest BCUT2D eigenvalue weighted by atomic mass is 10.1. The lowest BCUT2D eigenvalue weighted by molar-refractivity contribution is -0.121. The summed E-state index contributed by atoms with van der Waals surface area (Å²) >= 11 is 1.01. The zero-order valence-electron chi connectivity index (χ0n) is 18.1. The lowest BCUT2D eigenvalue weighted by Crippen LogP contribution is -2.48. The van der Waals surface area contributed by atoms with Crippen LogP contribution < -0.4 is 5.32 Å². The molecular formula is C20H30N2O7S. The highest BCUT2D eigenvalue weighted by atomic mass is 32.1. The van der Waals surface area contributed by atoms with E-state index >= 15 is 0 Å². The predicted molar refractivity (Wildman–Crippen MR) is 112 cm³/mol. The van der Waals surface area contributed by atoms with Gasteiger partial charge in [0.15, 0.2) is 0 Å². The van der Waals surface area contributed by atoms with Crippen LogP contribution in [-0.2, 0) is 23.7 Å². The van der Waals surface area contributed by atoms with E-state index in [9.17, 15) is 14.4 Å². The van der Waals surface area contributed by atoms with Crippen LogP contribution in [0.4, 0.5) is 5.00 Å². The number of morpholine rings is 1. The number of carbonyl (C=O) groups is 3. The van der Waals surface area contributed by atoms with E-state index < -0.39 is 11.9 Å². The van der Waals surface area contributed by atoms with Gasteiger partial charge in [0.1, 0.15) is 16.5 Å². The molecule has 1 aliphatic rings. The van der Waals surface area contributed by atoms with Gasteiger partial charge in [-0.3, -0.25) is 9.69 Å². The van der Waals surface area contributed by atoms with Gasteiger partial charge >= 0.3 is 11.9 Å². The number of nitrogens with zero attached hydrogens (tertiary/aromatic N) is 1. The smallest absolute Gasteiger partial charge is 0.348 e. The minimum absolute atomic E-state index is 0.0362. The molecule has 0 spiro atoms. The molecule has 1 fully saturated rings. The molecule has 1 saturated heterocycles. The van der Waals surface area contributed by atoms with Crippen LogP contribution in [0, 0.1) is 6.92 Å². The first kappa shape index (κ1) is 24.3. The summed E-state index contributed by atoms with van der Waals surface area (Å²) in [7, 11) is 1.51. The number of amides is 1. The average molecular weight is 443 g/mol. The number of nitrogens with one attached hydrogen (secondary N) is 1. The van der Waals surface area contributed by atoms with Crippen LogP contribution in [0.3, 0.4) is 0 Å². The third-order valence-electron chi connectivity index (χ3n) is 4.45. The Kier molecular flexibility index (Phi) is 9.22. The number of hydrogen-bond acceptors (Lipinski definition) is 9. The van der Waals surface area contributed by atoms with Gasteiger partial charge in [-0.05, 0) is 33.3 Å². The molecule has 2 unspecified atom stereocenters. The van der Waals surface area contributed by atoms with Crippen molar-refractivity contribution in [1.29, 1.82) is 0 Å². The molecule has 1 amide bonds. The number of esters is 2. The first-order chi connectivity index (χ1) is 14.3. The summed E-state index contributed by atoms with van der Waals surface area (Å²) in [5, 5.41) is 3.06. The van der Waals surface area contributed by atoms with Crippen molar-refractivity contribution in [3.63, 3.8) is 0 Å². The molecule has 10 heteroatoms. The van der Waals surface area contributed by atoms with Gasteiger partial charge in [-0.2, -0.15) is 0 Å². The second-order valence-electron chi connectivity index (χ2n) is 7.11. The molecule has 0 saturated carbocycles. The first-order valence-corrected chi connectivity index (χ1v) is 10.7. The molecule has 1 aliphatic heterocycles. The van der Waals surface area contributed by atoms with Crippen LogP contribution in [0.15, 0.2) is 0 Å². The molecule has 0 radical (unpaired) electrons. The molecule has 30 heavy (non-hydrogen) atoms. The van der Waals surface area contributed by atoms with Crippen molar-refractivity contribution in [3.8, 4) is 0 Å². The fourth-order valence-corrected chi connectivity index (χ4v) is 4.42. The normalized spacial score (nSPS) is 19.4. The summed E-state index contributed by atoms with van der Waals surface area (Å²) in [5.41, 5.74) is 0.599. The number of carbonyl (C=O) groups excluding carboxylic acids is 3. The Morgan fingerprint density at radius 3 is 2.40 bits per heavy atom. The van der Waals surface area contributed by atoms with Crippen LogP contribution in [0.1, 0.15) is 46.4 Å². The Hall–Kier alpha value is -2.01. The lowest BCUT2D eigenvalue weighted by Gasteiger charge is -2.34. The number of anilines is 1. The van der Waals surface area contributed by atoms with E-state index in [-0.39, 0.29) is 59.9 Å². The van der Waals surface area contributed by atoms with Crippen molar-refractivity contribution >= 4 is 34.2 Å². The van der Waals surface area contributed by atoms with E-state index in [1.54, 1.807) is 13.8 Å². The summed E-state index contributed by atoms with van der Waals surface area (Å²) in [6.45, 7) is 9.23. The molecule has 9 nitrogen and oxygen atoms in total. The van der Waals surface area contributed by atoms with Gasteiger partial charge in [0.05, 0.1) is 37.5 Å². The average Bonchev–Trinajstić information content (AvgIpc) is 2.97. The minimum atomic E-state index is -0.592. The molecule has 1 aromatic heterocycles. The molecule has 2 heterocycles. The largest absolute Gasteiger partial charge is 0.462 e. The fraction of sp³-hybridized carbons (Fsp3) is 0.650. The maximum absolute atomic E-state index is 12.7. The number of rotatable bonds is 9. The molecule has 1 N–H and O–H groups in total. The minimum Gasteiger partial charge on any atom is -0.462 e. The Bertz CT molecular complexity index is 755. The molecule has 0 aliphatic carbocycles. The highest BCUT2D eigenvalue weighted by molar-refractivity contribution is 7.18. The van der Waals surface area contributed by atoms with Gasteiger partial charge in [-0.25, -0.2) is 9.59 Å². The molecule has 168 valence electrons. The van der Waals surface area contributed by atoms with Crippen molar-refractivity contribution in [2.45, 2.75) is 39.9 Å². The Morgan fingerprint density at radius 2 is 1.80 bits per heavy atom. The van der Waals surface area contributed by atoms with Gasteiger partial charge in [0.2, 0.25) is 5.91 Å². The van der Waals surface area contributed by atoms with Crippen LogP contribution in [-0.4, -0.2) is 81.5 Å². The predicted octanol–water partition coefficient (Wildman–Crippen LogP) is 2.08. The Balaban J connectivity index is 2.17. The van der Waals surface area contributed by atoms with E-state index in [1.165, 1.54) is 7.11 Å². The quantitative estimate of drug-likeness (QED) is 0.458. The summed E-state index contributed by atoms with van der Waals surface area (Å²) < 4.78 is 20.9. The first-order valence-electron chi connectivity index (χ1n) is 9.91. The molecule has 0 bridgehead atoms. The zero-order valence-corrected chi connectivity index (χ0v) is 18.9. The Morgan fingerprint density at radius 1 is 1.13 bits per heavy atom. The van der Waals surface area contributed by atoms with E-state index in [0.29, 0.717) is 18.7 Å². The molecule has 1 aromatic rings. The van der Waals surface area contributed by atoms with E-state index in [0.717, 1.165) is 11.3 Å². The van der Waals surface area contributed by atoms with Crippen LogP contribution in [0.25, 0.3) is 0 Å². The van der Waals surface area contributed by atoms with Crippen LogP contribution in [0.5, 0.6) is 0 Å². The van der Waals surface area contributed by atoms with Crippen molar-refractivity contribution in [3.05, 3.63) is 16.0 Å². The van der Waals surface area contributed by atoms with Gasteiger partial charge in [-0.15, -0.1) is 11.3 Å². The van der Waals surface area contributed by atoms with E-state index in [1.807, 2.05) is 18.7 Å². The van der Waals surface area contributed by atoms with E-state index in [2.05, 4.69) is 5.32 Å². The number of thiophene rings is 1. The van der Waals surface area contributed by atoms with Crippen molar-refractivity contribution < 1.29 is 33.3 Å². The highest BCUT2D eigenvalue weighted by Crippen LogP contribution is 2.34. The van der Waals surface area contributed by atoms with Crippen molar-refractivity contribution in [1.82, 2.24) is 4.90 Å². The second-order valence-corrected chi connectivity index (χ2v) is 8.13. The standard InChI is InChI=1S/C20H30N2O7S/c1-6-27-19(24)16-14(4)17(20(25)28-8-7-26-5)30-18(16)21-15(23)11-22-9-12(2)29-13(3)10-22/h12-13H,6-11H2,1-5H3,(H,21,23). The molecule has 2 atom stereocenters. The summed E-state index contributed by atoms with van der Waals surface area (Å²) in [4.78, 5) is 39.8. The highest BCUT2D eigenvalue weighted by Gasteiger charge is 2.29. The maximum atomic E-state index is 12.7. The third kappa shape index (κ3) is 6.49. The fourth-order valence-electron chi connectivity index (χ4n) is 3.31. The summed E-state index contributed by atoms with van der Waals surface area (Å²) in [5.74, 6) is -1.44. The van der Waals surface area contributed by atoms with Gasteiger partial charge < -0.3 is 24.3 Å². The summed E-state index contributed by atoms with van der Waals surface area (Å²) in [6, 6.07) is 0.